The van der Waals surface area contributed by atoms with E-state index in [-0.39, 0.29) is 0 Å². The summed E-state index contributed by atoms with van der Waals surface area (Å²) in [6, 6.07) is 2.35. The fraction of sp³-hybridized carbons (Fsp3) is 0.688. The van der Waals surface area contributed by atoms with Crippen molar-refractivity contribution in [2.75, 3.05) is 51.3 Å². The summed E-state index contributed by atoms with van der Waals surface area (Å²) in [5, 5.41) is 18.3. The monoisotopic (exact) mass is 303 g/mol. The summed E-state index contributed by atoms with van der Waals surface area (Å²) in [6.07, 6.45) is 1.64. The summed E-state index contributed by atoms with van der Waals surface area (Å²) in [7, 11) is 1.73. The van der Waals surface area contributed by atoms with Crippen LogP contribution in [0.15, 0.2) is 0 Å². The van der Waals surface area contributed by atoms with Gasteiger partial charge in [0, 0.05) is 39.8 Å². The quantitative estimate of drug-likeness (QED) is 0.788. The molecule has 1 aliphatic rings. The predicted molar refractivity (Wildman–Crippen MR) is 86.0 cm³/mol. The van der Waals surface area contributed by atoms with Gasteiger partial charge in [-0.05, 0) is 18.4 Å². The summed E-state index contributed by atoms with van der Waals surface area (Å²) >= 11 is 0. The zero-order valence-corrected chi connectivity index (χ0v) is 13.8. The lowest BCUT2D eigenvalue weighted by atomic mass is 10.0. The number of anilines is 1. The highest BCUT2D eigenvalue weighted by Crippen LogP contribution is 2.24. The van der Waals surface area contributed by atoms with Gasteiger partial charge in [0.2, 0.25) is 0 Å². The van der Waals surface area contributed by atoms with Crippen molar-refractivity contribution in [1.82, 2.24) is 15.1 Å². The maximum absolute atomic E-state index is 9.58. The second kappa shape index (κ2) is 8.06. The van der Waals surface area contributed by atoms with Crippen LogP contribution in [0, 0.1) is 11.3 Å². The minimum atomic E-state index is 0.708. The third kappa shape index (κ3) is 3.54. The topological polar surface area (TPSA) is 65.3 Å². The number of rotatable bonds is 6. The maximum Gasteiger partial charge on any atom is 0.169 e. The molecule has 0 bridgehead atoms. The van der Waals surface area contributed by atoms with Crippen LogP contribution >= 0.6 is 0 Å². The Morgan fingerprint density at radius 2 is 1.86 bits per heavy atom. The molecule has 2 heterocycles. The first-order valence-electron chi connectivity index (χ1n) is 7.99. The molecule has 1 fully saturated rings. The number of methoxy groups -OCH3 is 1. The van der Waals surface area contributed by atoms with E-state index in [1.165, 1.54) is 0 Å². The van der Waals surface area contributed by atoms with Gasteiger partial charge >= 0.3 is 0 Å². The van der Waals surface area contributed by atoms with E-state index in [1.54, 1.807) is 7.11 Å². The van der Waals surface area contributed by atoms with Gasteiger partial charge in [-0.3, -0.25) is 4.90 Å². The average Bonchev–Trinajstić information content (AvgIpc) is 2.58. The zero-order chi connectivity index (χ0) is 15.9. The van der Waals surface area contributed by atoms with Gasteiger partial charge in [-0.15, -0.1) is 5.10 Å². The van der Waals surface area contributed by atoms with E-state index < -0.39 is 0 Å². The van der Waals surface area contributed by atoms with E-state index in [0.29, 0.717) is 5.56 Å². The summed E-state index contributed by atoms with van der Waals surface area (Å²) in [5.41, 5.74) is 2.71. The van der Waals surface area contributed by atoms with Gasteiger partial charge in [-0.1, -0.05) is 13.8 Å². The molecule has 0 amide bonds. The minimum Gasteiger partial charge on any atom is -0.383 e. The lowest BCUT2D eigenvalue weighted by Gasteiger charge is -2.35. The molecule has 1 aromatic rings. The number of hydrogen-bond donors (Lipinski definition) is 0. The van der Waals surface area contributed by atoms with Gasteiger partial charge in [-0.25, -0.2) is 0 Å². The first-order chi connectivity index (χ1) is 10.7. The Bertz CT molecular complexity index is 532. The molecule has 0 saturated carbocycles. The number of piperazine rings is 1. The van der Waals surface area contributed by atoms with Gasteiger partial charge in [-0.2, -0.15) is 10.4 Å². The molecule has 0 radical (unpaired) electrons. The molecular weight excluding hydrogens is 278 g/mol. The Balaban J connectivity index is 2.15. The van der Waals surface area contributed by atoms with Crippen molar-refractivity contribution in [3.05, 3.63) is 16.8 Å². The number of ether oxygens (including phenoxy) is 1. The van der Waals surface area contributed by atoms with E-state index in [9.17, 15) is 5.26 Å². The maximum atomic E-state index is 9.58. The summed E-state index contributed by atoms with van der Waals surface area (Å²) in [4.78, 5) is 4.56. The Morgan fingerprint density at radius 1 is 1.14 bits per heavy atom. The highest BCUT2D eigenvalue weighted by Gasteiger charge is 2.23. The molecule has 0 aromatic carbocycles. The number of hydrogen-bond acceptors (Lipinski definition) is 6. The first kappa shape index (κ1) is 16.7. The van der Waals surface area contributed by atoms with Crippen LogP contribution in [0.3, 0.4) is 0 Å². The Labute approximate surface area is 132 Å². The molecule has 0 aliphatic carbocycles. The fourth-order valence-electron chi connectivity index (χ4n) is 2.90. The van der Waals surface area contributed by atoms with Crippen LogP contribution in [-0.4, -0.2) is 61.5 Å². The predicted octanol–water partition coefficient (Wildman–Crippen LogP) is 1.24. The smallest absolute Gasteiger partial charge is 0.169 e. The third-order valence-electron chi connectivity index (χ3n) is 4.22. The number of aryl methyl sites for hydroxylation is 1. The summed E-state index contributed by atoms with van der Waals surface area (Å²) in [6.45, 7) is 9.52. The molecule has 6 nitrogen and oxygen atoms in total. The standard InChI is InChI=1S/C16H25N5O/c1-4-13-14(12-17)16(19-18-15(13)5-2)21-8-6-20(7-9-21)10-11-22-3/h4-11H2,1-3H3. The summed E-state index contributed by atoms with van der Waals surface area (Å²) < 4.78 is 5.13. The lowest BCUT2D eigenvalue weighted by molar-refractivity contribution is 0.144. The second-order valence-corrected chi connectivity index (χ2v) is 5.46. The van der Waals surface area contributed by atoms with Crippen molar-refractivity contribution in [3.63, 3.8) is 0 Å². The van der Waals surface area contributed by atoms with Gasteiger partial charge in [0.05, 0.1) is 12.3 Å². The molecule has 1 saturated heterocycles. The Kier molecular flexibility index (Phi) is 6.10. The highest BCUT2D eigenvalue weighted by molar-refractivity contribution is 5.58. The largest absolute Gasteiger partial charge is 0.383 e. The molecule has 0 spiro atoms. The van der Waals surface area contributed by atoms with Crippen molar-refractivity contribution in [2.45, 2.75) is 26.7 Å². The van der Waals surface area contributed by atoms with Crippen molar-refractivity contribution in [1.29, 1.82) is 5.26 Å². The highest BCUT2D eigenvalue weighted by atomic mass is 16.5. The number of nitrogens with zero attached hydrogens (tertiary/aromatic N) is 5. The molecular formula is C16H25N5O. The zero-order valence-electron chi connectivity index (χ0n) is 13.8. The van der Waals surface area contributed by atoms with Crippen LogP contribution in [0.25, 0.3) is 0 Å². The van der Waals surface area contributed by atoms with Crippen molar-refractivity contribution >= 4 is 5.82 Å². The molecule has 0 atom stereocenters. The van der Waals surface area contributed by atoms with E-state index in [1.807, 2.05) is 0 Å². The van der Waals surface area contributed by atoms with Crippen molar-refractivity contribution in [2.24, 2.45) is 0 Å². The van der Waals surface area contributed by atoms with Crippen LogP contribution < -0.4 is 4.90 Å². The number of nitriles is 1. The SMILES string of the molecule is CCc1nnc(N2CCN(CCOC)CC2)c(C#N)c1CC. The normalized spacial score (nSPS) is 15.8. The molecule has 22 heavy (non-hydrogen) atoms. The van der Waals surface area contributed by atoms with Crippen LogP contribution in [0.5, 0.6) is 0 Å². The Morgan fingerprint density at radius 3 is 2.41 bits per heavy atom. The average molecular weight is 303 g/mol. The Hall–Kier alpha value is -1.71. The van der Waals surface area contributed by atoms with Crippen LogP contribution in [0.1, 0.15) is 30.7 Å². The lowest BCUT2D eigenvalue weighted by Crippen LogP contribution is -2.48. The molecule has 0 unspecified atom stereocenters. The van der Waals surface area contributed by atoms with Gasteiger partial charge in [0.25, 0.3) is 0 Å². The molecule has 0 N–H and O–H groups in total. The molecule has 2 rings (SSSR count). The first-order valence-corrected chi connectivity index (χ1v) is 7.99. The van der Waals surface area contributed by atoms with Gasteiger partial charge < -0.3 is 9.64 Å². The van der Waals surface area contributed by atoms with E-state index >= 15 is 0 Å². The van der Waals surface area contributed by atoms with Crippen molar-refractivity contribution < 1.29 is 4.74 Å². The van der Waals surface area contributed by atoms with Crippen molar-refractivity contribution in [3.8, 4) is 6.07 Å². The van der Waals surface area contributed by atoms with Gasteiger partial charge in [0.1, 0.15) is 11.6 Å². The van der Waals surface area contributed by atoms with Crippen LogP contribution in [-0.2, 0) is 17.6 Å². The fourth-order valence-corrected chi connectivity index (χ4v) is 2.90. The van der Waals surface area contributed by atoms with E-state index in [0.717, 1.165) is 69.2 Å². The number of aromatic nitrogens is 2. The molecule has 6 heteroatoms. The molecule has 120 valence electrons. The second-order valence-electron chi connectivity index (χ2n) is 5.46. The van der Waals surface area contributed by atoms with Crippen LogP contribution in [0.4, 0.5) is 5.82 Å². The molecule has 1 aliphatic heterocycles. The van der Waals surface area contributed by atoms with Gasteiger partial charge in [0.15, 0.2) is 5.82 Å². The minimum absolute atomic E-state index is 0.708. The van der Waals surface area contributed by atoms with E-state index in [2.05, 4.69) is 39.9 Å². The molecule has 1 aromatic heterocycles. The van der Waals surface area contributed by atoms with E-state index in [4.69, 9.17) is 4.74 Å². The summed E-state index contributed by atoms with van der Waals surface area (Å²) in [5.74, 6) is 0.753. The third-order valence-corrected chi connectivity index (χ3v) is 4.22. The van der Waals surface area contributed by atoms with Crippen LogP contribution in [0.2, 0.25) is 0 Å².